The van der Waals surface area contributed by atoms with Crippen LogP contribution in [-0.2, 0) is 6.42 Å². The van der Waals surface area contributed by atoms with Crippen LogP contribution in [0.5, 0.6) is 0 Å². The lowest BCUT2D eigenvalue weighted by molar-refractivity contribution is -0.119. The Kier molecular flexibility index (Phi) is 7.00. The molecule has 0 radical (unpaired) electrons. The highest BCUT2D eigenvalue weighted by molar-refractivity contribution is 9.10. The number of nitrogens with two attached hydrogens (primary N) is 1. The Labute approximate surface area is 132 Å². The van der Waals surface area contributed by atoms with E-state index in [0.29, 0.717) is 25.1 Å². The van der Waals surface area contributed by atoms with Crippen LogP contribution in [0, 0.1) is 0 Å². The zero-order valence-electron chi connectivity index (χ0n) is 12.4. The van der Waals surface area contributed by atoms with Gasteiger partial charge in [-0.3, -0.25) is 0 Å². The van der Waals surface area contributed by atoms with Crippen molar-refractivity contribution >= 4 is 21.6 Å². The van der Waals surface area contributed by atoms with E-state index in [1.54, 1.807) is 12.1 Å². The summed E-state index contributed by atoms with van der Waals surface area (Å²) in [5.41, 5.74) is 7.45. The molecule has 0 aromatic heterocycles. The van der Waals surface area contributed by atoms with Gasteiger partial charge in [-0.15, -0.1) is 0 Å². The number of hydrogen-bond donors (Lipinski definition) is 1. The molecule has 1 atom stereocenters. The lowest BCUT2D eigenvalue weighted by Crippen LogP contribution is -2.36. The molecule has 0 saturated heterocycles. The standard InChI is InChI=1S/C15H22BrF3N2/c1-3-7-21(10-15(17,18)19)14-6-5-12(16)8-11(14)9-13(20)4-2/h5-6,8,13H,3-4,7,9-10,20H2,1-2H3. The predicted molar refractivity (Wildman–Crippen MR) is 84.7 cm³/mol. The highest BCUT2D eigenvalue weighted by Crippen LogP contribution is 2.29. The van der Waals surface area contributed by atoms with Gasteiger partial charge < -0.3 is 10.6 Å². The first-order valence-corrected chi connectivity index (χ1v) is 7.91. The van der Waals surface area contributed by atoms with Gasteiger partial charge in [0.2, 0.25) is 0 Å². The molecule has 0 aliphatic rings. The van der Waals surface area contributed by atoms with Crippen molar-refractivity contribution in [2.24, 2.45) is 5.73 Å². The molecule has 0 amide bonds. The molecule has 0 spiro atoms. The smallest absolute Gasteiger partial charge is 0.362 e. The topological polar surface area (TPSA) is 29.3 Å². The Hall–Kier alpha value is -0.750. The summed E-state index contributed by atoms with van der Waals surface area (Å²) in [5, 5.41) is 0. The van der Waals surface area contributed by atoms with E-state index in [9.17, 15) is 13.2 Å². The molecule has 1 rings (SSSR count). The third-order valence-electron chi connectivity index (χ3n) is 3.25. The zero-order valence-corrected chi connectivity index (χ0v) is 14.0. The van der Waals surface area contributed by atoms with Crippen LogP contribution in [0.1, 0.15) is 32.3 Å². The minimum absolute atomic E-state index is 0.0487. The average molecular weight is 367 g/mol. The second-order valence-corrected chi connectivity index (χ2v) is 6.10. The quantitative estimate of drug-likeness (QED) is 0.769. The Morgan fingerprint density at radius 2 is 1.95 bits per heavy atom. The van der Waals surface area contributed by atoms with Gasteiger partial charge in [0.05, 0.1) is 0 Å². The van der Waals surface area contributed by atoms with Crippen molar-refractivity contribution in [1.82, 2.24) is 0 Å². The molecule has 2 nitrogen and oxygen atoms in total. The normalized spacial score (nSPS) is 13.3. The first-order chi connectivity index (χ1) is 9.76. The fraction of sp³-hybridized carbons (Fsp3) is 0.600. The monoisotopic (exact) mass is 366 g/mol. The molecule has 1 aromatic rings. The van der Waals surface area contributed by atoms with E-state index in [0.717, 1.165) is 16.5 Å². The summed E-state index contributed by atoms with van der Waals surface area (Å²) in [6.07, 6.45) is -2.19. The number of alkyl halides is 3. The lowest BCUT2D eigenvalue weighted by atomic mass is 10.0. The van der Waals surface area contributed by atoms with Crippen molar-refractivity contribution in [2.75, 3.05) is 18.0 Å². The molecule has 21 heavy (non-hydrogen) atoms. The summed E-state index contributed by atoms with van der Waals surface area (Å²) in [6.45, 7) is 3.29. The Morgan fingerprint density at radius 3 is 2.48 bits per heavy atom. The maximum Gasteiger partial charge on any atom is 0.405 e. The van der Waals surface area contributed by atoms with Gasteiger partial charge >= 0.3 is 6.18 Å². The van der Waals surface area contributed by atoms with Gasteiger partial charge in [-0.1, -0.05) is 29.8 Å². The van der Waals surface area contributed by atoms with Crippen LogP contribution in [0.3, 0.4) is 0 Å². The highest BCUT2D eigenvalue weighted by Gasteiger charge is 2.31. The molecule has 0 heterocycles. The van der Waals surface area contributed by atoms with Crippen molar-refractivity contribution in [2.45, 2.75) is 45.3 Å². The molecular formula is C15H22BrF3N2. The van der Waals surface area contributed by atoms with Gasteiger partial charge in [0.25, 0.3) is 0 Å². The van der Waals surface area contributed by atoms with Crippen LogP contribution in [0.25, 0.3) is 0 Å². The molecule has 0 saturated carbocycles. The minimum Gasteiger partial charge on any atom is -0.362 e. The van der Waals surface area contributed by atoms with Crippen LogP contribution in [0.4, 0.5) is 18.9 Å². The summed E-state index contributed by atoms with van der Waals surface area (Å²) >= 11 is 3.38. The Bertz CT molecular complexity index is 449. The maximum atomic E-state index is 12.8. The molecular weight excluding hydrogens is 345 g/mol. The molecule has 0 fully saturated rings. The van der Waals surface area contributed by atoms with Crippen LogP contribution in [0.2, 0.25) is 0 Å². The van der Waals surface area contributed by atoms with Gasteiger partial charge in [0.15, 0.2) is 0 Å². The van der Waals surface area contributed by atoms with E-state index in [1.165, 1.54) is 4.90 Å². The fourth-order valence-corrected chi connectivity index (χ4v) is 2.63. The van der Waals surface area contributed by atoms with Gasteiger partial charge in [0, 0.05) is 22.7 Å². The van der Waals surface area contributed by atoms with Gasteiger partial charge in [-0.25, -0.2) is 0 Å². The van der Waals surface area contributed by atoms with Crippen molar-refractivity contribution in [1.29, 1.82) is 0 Å². The largest absolute Gasteiger partial charge is 0.405 e. The molecule has 1 unspecified atom stereocenters. The molecule has 0 aliphatic carbocycles. The molecule has 2 N–H and O–H groups in total. The van der Waals surface area contributed by atoms with E-state index in [4.69, 9.17) is 5.73 Å². The number of hydrogen-bond acceptors (Lipinski definition) is 2. The van der Waals surface area contributed by atoms with E-state index in [-0.39, 0.29) is 6.04 Å². The molecule has 1 aromatic carbocycles. The summed E-state index contributed by atoms with van der Waals surface area (Å²) in [6, 6.07) is 5.33. The van der Waals surface area contributed by atoms with Gasteiger partial charge in [-0.05, 0) is 43.0 Å². The highest BCUT2D eigenvalue weighted by atomic mass is 79.9. The molecule has 0 bridgehead atoms. The van der Waals surface area contributed by atoms with E-state index < -0.39 is 12.7 Å². The van der Waals surface area contributed by atoms with Gasteiger partial charge in [-0.2, -0.15) is 13.2 Å². The second-order valence-electron chi connectivity index (χ2n) is 5.18. The zero-order chi connectivity index (χ0) is 16.0. The van der Waals surface area contributed by atoms with Crippen LogP contribution < -0.4 is 10.6 Å². The van der Waals surface area contributed by atoms with E-state index in [2.05, 4.69) is 15.9 Å². The Balaban J connectivity index is 3.10. The van der Waals surface area contributed by atoms with Crippen molar-refractivity contribution in [3.05, 3.63) is 28.2 Å². The number of rotatable bonds is 7. The number of nitrogens with zero attached hydrogens (tertiary/aromatic N) is 1. The third-order valence-corrected chi connectivity index (χ3v) is 3.75. The molecule has 6 heteroatoms. The minimum atomic E-state index is -4.22. The molecule has 0 aliphatic heterocycles. The number of benzene rings is 1. The van der Waals surface area contributed by atoms with Gasteiger partial charge in [0.1, 0.15) is 6.54 Å². The summed E-state index contributed by atoms with van der Waals surface area (Å²) in [4.78, 5) is 1.39. The van der Waals surface area contributed by atoms with Crippen molar-refractivity contribution < 1.29 is 13.2 Å². The van der Waals surface area contributed by atoms with Crippen LogP contribution in [0.15, 0.2) is 22.7 Å². The Morgan fingerprint density at radius 1 is 1.29 bits per heavy atom. The fourth-order valence-electron chi connectivity index (χ4n) is 2.22. The molecule has 120 valence electrons. The lowest BCUT2D eigenvalue weighted by Gasteiger charge is -2.28. The number of anilines is 1. The van der Waals surface area contributed by atoms with Crippen LogP contribution in [-0.4, -0.2) is 25.3 Å². The van der Waals surface area contributed by atoms with Crippen molar-refractivity contribution in [3.8, 4) is 0 Å². The van der Waals surface area contributed by atoms with E-state index in [1.807, 2.05) is 19.9 Å². The van der Waals surface area contributed by atoms with E-state index >= 15 is 0 Å². The SMILES string of the molecule is CCCN(CC(F)(F)F)c1ccc(Br)cc1CC(N)CC. The summed E-state index contributed by atoms with van der Waals surface area (Å²) in [7, 11) is 0. The van der Waals surface area contributed by atoms with Crippen LogP contribution >= 0.6 is 15.9 Å². The summed E-state index contributed by atoms with van der Waals surface area (Å²) < 4.78 is 39.2. The first-order valence-electron chi connectivity index (χ1n) is 7.12. The maximum absolute atomic E-state index is 12.8. The number of halogens is 4. The summed E-state index contributed by atoms with van der Waals surface area (Å²) in [5.74, 6) is 0. The van der Waals surface area contributed by atoms with Crippen molar-refractivity contribution in [3.63, 3.8) is 0 Å². The average Bonchev–Trinajstić information content (AvgIpc) is 2.36. The second kappa shape index (κ2) is 8.03. The third kappa shape index (κ3) is 6.26. The predicted octanol–water partition coefficient (Wildman–Crippen LogP) is 4.51. The first kappa shape index (κ1) is 18.3.